The number of aromatic nitrogens is 2. The topological polar surface area (TPSA) is 109 Å². The van der Waals surface area contributed by atoms with Crippen LogP contribution in [0, 0.1) is 6.92 Å². The minimum atomic E-state index is -0.577. The van der Waals surface area contributed by atoms with Gasteiger partial charge in [-0.2, -0.15) is 9.78 Å². The Morgan fingerprint density at radius 2 is 2.00 bits per heavy atom. The van der Waals surface area contributed by atoms with Crippen LogP contribution in [0.4, 0.5) is 0 Å². The third-order valence-electron chi connectivity index (χ3n) is 3.88. The Labute approximate surface area is 161 Å². The van der Waals surface area contributed by atoms with Crippen LogP contribution in [0.1, 0.15) is 18.3 Å². The van der Waals surface area contributed by atoms with Gasteiger partial charge in [-0.3, -0.25) is 9.59 Å². The van der Waals surface area contributed by atoms with Crippen molar-refractivity contribution in [3.05, 3.63) is 64.2 Å². The molecule has 0 saturated carbocycles. The summed E-state index contributed by atoms with van der Waals surface area (Å²) in [5.74, 6) is 0.755. The Balaban J connectivity index is 1.94. The fraction of sp³-hybridized carbons (Fsp3) is 0.200. The number of hydrogen-bond donors (Lipinski definition) is 1. The summed E-state index contributed by atoms with van der Waals surface area (Å²) in [5.41, 5.74) is 6.19. The van der Waals surface area contributed by atoms with Crippen LogP contribution >= 0.6 is 0 Å². The van der Waals surface area contributed by atoms with Crippen LogP contribution in [-0.4, -0.2) is 35.0 Å². The molecule has 28 heavy (non-hydrogen) atoms. The summed E-state index contributed by atoms with van der Waals surface area (Å²) < 4.78 is 12.1. The monoisotopic (exact) mass is 380 g/mol. The Hall–Kier alpha value is -3.68. The van der Waals surface area contributed by atoms with Gasteiger partial charge in [0.05, 0.1) is 23.7 Å². The molecule has 1 heterocycles. The quantitative estimate of drug-likeness (QED) is 0.629. The number of amides is 1. The van der Waals surface area contributed by atoms with E-state index in [-0.39, 0.29) is 12.2 Å². The number of carbonyl (C=O) groups is 1. The lowest BCUT2D eigenvalue weighted by Crippen LogP contribution is -2.20. The maximum Gasteiger partial charge on any atom is 0.282 e. The fourth-order valence-corrected chi connectivity index (χ4v) is 2.64. The molecule has 0 unspecified atom stereocenters. The molecule has 0 spiro atoms. The first-order valence-corrected chi connectivity index (χ1v) is 8.70. The molecule has 1 aromatic heterocycles. The van der Waals surface area contributed by atoms with Gasteiger partial charge in [-0.25, -0.2) is 4.98 Å². The van der Waals surface area contributed by atoms with Gasteiger partial charge < -0.3 is 15.2 Å². The number of nitrogens with two attached hydrogens (primary N) is 1. The lowest BCUT2D eigenvalue weighted by molar-refractivity contribution is -0.119. The number of aryl methyl sites for hydroxylation is 1. The first-order chi connectivity index (χ1) is 13.5. The first-order valence-electron chi connectivity index (χ1n) is 8.70. The highest BCUT2D eigenvalue weighted by molar-refractivity contribution is 5.81. The molecule has 8 nitrogen and oxygen atoms in total. The Kier molecular flexibility index (Phi) is 5.69. The molecule has 2 aromatic carbocycles. The van der Waals surface area contributed by atoms with Gasteiger partial charge in [0.15, 0.2) is 18.1 Å². The van der Waals surface area contributed by atoms with Crippen molar-refractivity contribution in [3.8, 4) is 11.5 Å². The predicted octanol–water partition coefficient (Wildman–Crippen LogP) is 1.85. The smallest absolute Gasteiger partial charge is 0.282 e. The van der Waals surface area contributed by atoms with E-state index in [1.807, 2.05) is 13.0 Å². The zero-order valence-corrected chi connectivity index (χ0v) is 15.6. The Morgan fingerprint density at radius 3 is 2.75 bits per heavy atom. The van der Waals surface area contributed by atoms with Crippen molar-refractivity contribution < 1.29 is 14.3 Å². The molecule has 0 atom stereocenters. The number of carbonyl (C=O) groups excluding carboxylic acids is 1. The summed E-state index contributed by atoms with van der Waals surface area (Å²) in [6, 6.07) is 12.2. The predicted molar refractivity (Wildman–Crippen MR) is 106 cm³/mol. The van der Waals surface area contributed by atoms with Crippen molar-refractivity contribution in [2.45, 2.75) is 13.8 Å². The highest BCUT2D eigenvalue weighted by Crippen LogP contribution is 2.28. The molecule has 3 aromatic rings. The molecule has 2 N–H and O–H groups in total. The van der Waals surface area contributed by atoms with Gasteiger partial charge in [0.25, 0.3) is 11.5 Å². The van der Waals surface area contributed by atoms with Gasteiger partial charge in [-0.15, -0.1) is 0 Å². The number of nitrogens with zero attached hydrogens (tertiary/aromatic N) is 3. The lowest BCUT2D eigenvalue weighted by Gasteiger charge is -2.11. The average molecular weight is 380 g/mol. The van der Waals surface area contributed by atoms with Gasteiger partial charge >= 0.3 is 0 Å². The van der Waals surface area contributed by atoms with Gasteiger partial charge in [0.1, 0.15) is 5.82 Å². The van der Waals surface area contributed by atoms with Gasteiger partial charge in [0, 0.05) is 0 Å². The number of hydrogen-bond acceptors (Lipinski definition) is 6. The van der Waals surface area contributed by atoms with Gasteiger partial charge in [-0.05, 0) is 49.7 Å². The van der Waals surface area contributed by atoms with Crippen molar-refractivity contribution in [2.24, 2.45) is 10.8 Å². The molecule has 0 aliphatic heterocycles. The summed E-state index contributed by atoms with van der Waals surface area (Å²) >= 11 is 0. The van der Waals surface area contributed by atoms with Crippen LogP contribution in [0.5, 0.6) is 11.5 Å². The van der Waals surface area contributed by atoms with E-state index in [2.05, 4.69) is 10.1 Å². The molecule has 144 valence electrons. The van der Waals surface area contributed by atoms with E-state index < -0.39 is 5.91 Å². The molecule has 0 fully saturated rings. The lowest BCUT2D eigenvalue weighted by atomic mass is 10.2. The Morgan fingerprint density at radius 1 is 1.21 bits per heavy atom. The van der Waals surface area contributed by atoms with E-state index in [1.165, 1.54) is 10.9 Å². The number of rotatable bonds is 7. The van der Waals surface area contributed by atoms with Crippen LogP contribution in [-0.2, 0) is 4.79 Å². The summed E-state index contributed by atoms with van der Waals surface area (Å²) in [6.45, 7) is 3.73. The second-order valence-electron chi connectivity index (χ2n) is 5.93. The molecular formula is C20H20N4O4. The molecule has 0 aliphatic rings. The van der Waals surface area contributed by atoms with Crippen LogP contribution in [0.3, 0.4) is 0 Å². The van der Waals surface area contributed by atoms with E-state index in [1.54, 1.807) is 43.3 Å². The number of benzene rings is 2. The summed E-state index contributed by atoms with van der Waals surface area (Å²) in [6.07, 6.45) is 1.53. The van der Waals surface area contributed by atoms with Crippen LogP contribution in [0.2, 0.25) is 0 Å². The highest BCUT2D eigenvalue weighted by Gasteiger charge is 2.09. The second kappa shape index (κ2) is 8.34. The molecular weight excluding hydrogens is 360 g/mol. The van der Waals surface area contributed by atoms with Crippen LogP contribution < -0.4 is 20.8 Å². The average Bonchev–Trinajstić information content (AvgIpc) is 2.67. The standard InChI is InChI=1S/C20H20N4O4/c1-3-27-18-10-14(8-9-17(18)28-12-19(21)25)11-22-24-13(2)23-16-7-5-4-6-15(16)20(24)26/h4-11H,3,12H2,1-2H3,(H2,21,25)/b22-11+. The van der Waals surface area contributed by atoms with Crippen LogP contribution in [0.15, 0.2) is 52.4 Å². The number of ether oxygens (including phenoxy) is 2. The molecule has 0 radical (unpaired) electrons. The summed E-state index contributed by atoms with van der Waals surface area (Å²) in [4.78, 5) is 28.0. The molecule has 8 heteroatoms. The minimum Gasteiger partial charge on any atom is -0.490 e. The molecule has 0 aliphatic carbocycles. The molecule has 0 bridgehead atoms. The Bertz CT molecular complexity index is 1110. The van der Waals surface area contributed by atoms with E-state index in [4.69, 9.17) is 15.2 Å². The summed E-state index contributed by atoms with van der Waals surface area (Å²) in [7, 11) is 0. The third kappa shape index (κ3) is 4.17. The van der Waals surface area contributed by atoms with Gasteiger partial charge in [-0.1, -0.05) is 12.1 Å². The molecule has 3 rings (SSSR count). The van der Waals surface area contributed by atoms with Crippen molar-refractivity contribution in [3.63, 3.8) is 0 Å². The number of primary amides is 1. The maximum atomic E-state index is 12.7. The van der Waals surface area contributed by atoms with Crippen molar-refractivity contribution in [1.29, 1.82) is 0 Å². The van der Waals surface area contributed by atoms with E-state index >= 15 is 0 Å². The first kappa shape index (κ1) is 19.1. The fourth-order valence-electron chi connectivity index (χ4n) is 2.64. The van der Waals surface area contributed by atoms with E-state index in [9.17, 15) is 9.59 Å². The van der Waals surface area contributed by atoms with Gasteiger partial charge in [0.2, 0.25) is 0 Å². The normalized spacial score (nSPS) is 11.1. The second-order valence-corrected chi connectivity index (χ2v) is 5.93. The largest absolute Gasteiger partial charge is 0.490 e. The maximum absolute atomic E-state index is 12.7. The van der Waals surface area contributed by atoms with E-state index in [0.29, 0.717) is 40.4 Å². The third-order valence-corrected chi connectivity index (χ3v) is 3.88. The van der Waals surface area contributed by atoms with Crippen molar-refractivity contribution in [1.82, 2.24) is 9.66 Å². The number of fused-ring (bicyclic) bond motifs is 1. The number of para-hydroxylation sites is 1. The molecule has 0 saturated heterocycles. The van der Waals surface area contributed by atoms with E-state index in [0.717, 1.165) is 0 Å². The van der Waals surface area contributed by atoms with Crippen molar-refractivity contribution >= 4 is 23.0 Å². The summed E-state index contributed by atoms with van der Waals surface area (Å²) in [5, 5.41) is 4.77. The SMILES string of the molecule is CCOc1cc(/C=N/n2c(C)nc3ccccc3c2=O)ccc1OCC(N)=O. The minimum absolute atomic E-state index is 0.245. The van der Waals surface area contributed by atoms with Crippen LogP contribution in [0.25, 0.3) is 10.9 Å². The van der Waals surface area contributed by atoms with Crippen molar-refractivity contribution in [2.75, 3.05) is 13.2 Å². The molecule has 1 amide bonds. The highest BCUT2D eigenvalue weighted by atomic mass is 16.5. The zero-order chi connectivity index (χ0) is 20.1. The zero-order valence-electron chi connectivity index (χ0n) is 15.6.